The van der Waals surface area contributed by atoms with Crippen molar-refractivity contribution in [1.29, 1.82) is 0 Å². The topological polar surface area (TPSA) is 32.3 Å². The Morgan fingerprint density at radius 2 is 1.96 bits per heavy atom. The smallest absolute Gasteiger partial charge is 0.370 e. The van der Waals surface area contributed by atoms with Gasteiger partial charge >= 0.3 is 6.18 Å². The molecule has 0 spiro atoms. The van der Waals surface area contributed by atoms with Gasteiger partial charge in [-0.05, 0) is 38.3 Å². The van der Waals surface area contributed by atoms with Crippen LogP contribution in [0.2, 0.25) is 0 Å². The molecule has 1 fully saturated rings. The number of nitrogens with one attached hydrogen (secondary N) is 1. The summed E-state index contributed by atoms with van der Waals surface area (Å²) in [5.74, 6) is -2.12. The first-order chi connectivity index (χ1) is 11.3. The minimum atomic E-state index is -4.19. The average molecular weight is 342 g/mol. The zero-order valence-corrected chi connectivity index (χ0v) is 14.1. The number of carbonyl (C=O) groups excluding carboxylic acids is 1. The number of rotatable bonds is 5. The lowest BCUT2D eigenvalue weighted by Crippen LogP contribution is -2.43. The van der Waals surface area contributed by atoms with Crippen LogP contribution in [0.5, 0.6) is 0 Å². The molecule has 1 aliphatic carbocycles. The third kappa shape index (κ3) is 4.89. The lowest BCUT2D eigenvalue weighted by Gasteiger charge is -2.31. The maximum atomic E-state index is 12.8. The minimum Gasteiger partial charge on any atom is -0.370 e. The summed E-state index contributed by atoms with van der Waals surface area (Å²) in [6.07, 6.45) is -3.14. The molecule has 0 bridgehead atoms. The molecule has 3 nitrogen and oxygen atoms in total. The molecule has 1 saturated carbocycles. The van der Waals surface area contributed by atoms with E-state index in [2.05, 4.69) is 5.32 Å². The highest BCUT2D eigenvalue weighted by Gasteiger charge is 2.43. The molecule has 134 valence electrons. The van der Waals surface area contributed by atoms with E-state index < -0.39 is 18.0 Å². The molecule has 0 unspecified atom stereocenters. The molecule has 1 amide bonds. The molecule has 24 heavy (non-hydrogen) atoms. The number of hydrogen-bond acceptors (Lipinski definition) is 2. The first-order valence-corrected chi connectivity index (χ1v) is 8.41. The van der Waals surface area contributed by atoms with E-state index in [-0.39, 0.29) is 24.8 Å². The predicted octanol–water partition coefficient (Wildman–Crippen LogP) is 4.00. The van der Waals surface area contributed by atoms with Gasteiger partial charge in [-0.2, -0.15) is 13.2 Å². The predicted molar refractivity (Wildman–Crippen MR) is 88.8 cm³/mol. The van der Waals surface area contributed by atoms with Crippen molar-refractivity contribution in [2.75, 3.05) is 18.5 Å². The number of amides is 1. The Bertz CT molecular complexity index is 533. The van der Waals surface area contributed by atoms with Gasteiger partial charge in [0, 0.05) is 31.2 Å². The Labute approximate surface area is 141 Å². The van der Waals surface area contributed by atoms with Crippen molar-refractivity contribution < 1.29 is 18.0 Å². The van der Waals surface area contributed by atoms with E-state index in [1.165, 1.54) is 0 Å². The van der Waals surface area contributed by atoms with Gasteiger partial charge in [0.2, 0.25) is 5.91 Å². The molecule has 1 aromatic rings. The highest BCUT2D eigenvalue weighted by molar-refractivity contribution is 5.78. The van der Waals surface area contributed by atoms with Crippen LogP contribution in [0.15, 0.2) is 30.3 Å². The zero-order valence-electron chi connectivity index (χ0n) is 14.1. The van der Waals surface area contributed by atoms with Gasteiger partial charge in [0.25, 0.3) is 0 Å². The Balaban J connectivity index is 1.84. The van der Waals surface area contributed by atoms with Gasteiger partial charge in [-0.3, -0.25) is 4.79 Å². The third-order valence-electron chi connectivity index (χ3n) is 4.90. The Morgan fingerprint density at radius 1 is 1.29 bits per heavy atom. The quantitative estimate of drug-likeness (QED) is 0.877. The summed E-state index contributed by atoms with van der Waals surface area (Å²) in [7, 11) is 1.94. The van der Waals surface area contributed by atoms with Gasteiger partial charge in [0.1, 0.15) is 0 Å². The number of hydrogen-bond donors (Lipinski definition) is 1. The monoisotopic (exact) mass is 342 g/mol. The van der Waals surface area contributed by atoms with Crippen LogP contribution in [0.4, 0.5) is 18.9 Å². The standard InChI is InChI=1S/C18H25F3N2O/c1-13(23(2)16-9-4-3-5-10-16)12-22-17(24)14-7-6-8-15(11-14)18(19,20)21/h3-5,9-10,13-15H,6-8,11-12H2,1-2H3,(H,22,24)/t13-,14+,15+/m1/s1. The molecular formula is C18H25F3N2O. The molecule has 0 heterocycles. The van der Waals surface area contributed by atoms with Crippen LogP contribution in [-0.4, -0.2) is 31.7 Å². The lowest BCUT2D eigenvalue weighted by molar-refractivity contribution is -0.186. The number of anilines is 1. The van der Waals surface area contributed by atoms with Crippen LogP contribution in [-0.2, 0) is 4.79 Å². The van der Waals surface area contributed by atoms with Gasteiger partial charge in [-0.25, -0.2) is 0 Å². The Morgan fingerprint density at radius 3 is 2.58 bits per heavy atom. The third-order valence-corrected chi connectivity index (χ3v) is 4.90. The van der Waals surface area contributed by atoms with Crippen LogP contribution in [0.1, 0.15) is 32.6 Å². The van der Waals surface area contributed by atoms with E-state index >= 15 is 0 Å². The highest BCUT2D eigenvalue weighted by atomic mass is 19.4. The van der Waals surface area contributed by atoms with Crippen molar-refractivity contribution in [3.8, 4) is 0 Å². The second kappa shape index (κ2) is 7.90. The van der Waals surface area contributed by atoms with E-state index in [9.17, 15) is 18.0 Å². The number of likely N-dealkylation sites (N-methyl/N-ethyl adjacent to an activating group) is 1. The fraction of sp³-hybridized carbons (Fsp3) is 0.611. The van der Waals surface area contributed by atoms with E-state index in [0.29, 0.717) is 19.4 Å². The van der Waals surface area contributed by atoms with E-state index in [1.54, 1.807) is 0 Å². The second-order valence-corrected chi connectivity index (χ2v) is 6.64. The lowest BCUT2D eigenvalue weighted by atomic mass is 9.80. The molecule has 3 atom stereocenters. The largest absolute Gasteiger partial charge is 0.391 e. The van der Waals surface area contributed by atoms with Crippen molar-refractivity contribution >= 4 is 11.6 Å². The van der Waals surface area contributed by atoms with Gasteiger partial charge in [-0.1, -0.05) is 24.6 Å². The van der Waals surface area contributed by atoms with E-state index in [1.807, 2.05) is 49.2 Å². The Hall–Kier alpha value is -1.72. The van der Waals surface area contributed by atoms with Gasteiger partial charge in [0.15, 0.2) is 0 Å². The fourth-order valence-electron chi connectivity index (χ4n) is 3.17. The Kier molecular flexibility index (Phi) is 6.13. The summed E-state index contributed by atoms with van der Waals surface area (Å²) in [6.45, 7) is 2.39. The van der Waals surface area contributed by atoms with Crippen LogP contribution in [0, 0.1) is 11.8 Å². The fourth-order valence-corrected chi connectivity index (χ4v) is 3.17. The number of nitrogens with zero attached hydrogens (tertiary/aromatic N) is 1. The molecule has 6 heteroatoms. The van der Waals surface area contributed by atoms with E-state index in [0.717, 1.165) is 5.69 Å². The number of carbonyl (C=O) groups is 1. The molecule has 2 rings (SSSR count). The molecule has 1 N–H and O–H groups in total. The van der Waals surface area contributed by atoms with Crippen molar-refractivity contribution in [3.05, 3.63) is 30.3 Å². The second-order valence-electron chi connectivity index (χ2n) is 6.64. The van der Waals surface area contributed by atoms with Crippen molar-refractivity contribution in [3.63, 3.8) is 0 Å². The zero-order chi connectivity index (χ0) is 17.7. The SMILES string of the molecule is C[C@H](CNC(=O)[C@H]1CCC[C@H](C(F)(F)F)C1)N(C)c1ccccc1. The normalized spacial score (nSPS) is 22.7. The van der Waals surface area contributed by atoms with Crippen LogP contribution in [0.3, 0.4) is 0 Å². The number of benzene rings is 1. The molecule has 0 saturated heterocycles. The summed E-state index contributed by atoms with van der Waals surface area (Å²) in [6, 6.07) is 9.83. The average Bonchev–Trinajstić information content (AvgIpc) is 2.58. The van der Waals surface area contributed by atoms with Crippen LogP contribution in [0.25, 0.3) is 0 Å². The minimum absolute atomic E-state index is 0.0540. The van der Waals surface area contributed by atoms with Crippen molar-refractivity contribution in [1.82, 2.24) is 5.32 Å². The summed E-state index contributed by atoms with van der Waals surface area (Å²) < 4.78 is 38.5. The first-order valence-electron chi connectivity index (χ1n) is 8.41. The van der Waals surface area contributed by atoms with Crippen molar-refractivity contribution in [2.24, 2.45) is 11.8 Å². The molecule has 0 aromatic heterocycles. The van der Waals surface area contributed by atoms with Crippen LogP contribution < -0.4 is 10.2 Å². The van der Waals surface area contributed by atoms with Gasteiger partial charge in [0.05, 0.1) is 5.92 Å². The van der Waals surface area contributed by atoms with Gasteiger partial charge in [-0.15, -0.1) is 0 Å². The molecule has 1 aromatic carbocycles. The number of alkyl halides is 3. The summed E-state index contributed by atoms with van der Waals surface area (Å²) in [4.78, 5) is 14.3. The maximum Gasteiger partial charge on any atom is 0.391 e. The first kappa shape index (κ1) is 18.6. The molecule has 0 aliphatic heterocycles. The molecular weight excluding hydrogens is 317 g/mol. The summed E-state index contributed by atoms with van der Waals surface area (Å²) in [5.41, 5.74) is 1.04. The van der Waals surface area contributed by atoms with Gasteiger partial charge < -0.3 is 10.2 Å². The maximum absolute atomic E-state index is 12.8. The van der Waals surface area contributed by atoms with Crippen molar-refractivity contribution in [2.45, 2.75) is 44.8 Å². The molecule has 0 radical (unpaired) electrons. The number of halogens is 3. The van der Waals surface area contributed by atoms with E-state index in [4.69, 9.17) is 0 Å². The highest BCUT2D eigenvalue weighted by Crippen LogP contribution is 2.39. The van der Waals surface area contributed by atoms with Crippen LogP contribution >= 0.6 is 0 Å². The molecule has 1 aliphatic rings. The summed E-state index contributed by atoms with van der Waals surface area (Å²) >= 11 is 0. The number of para-hydroxylation sites is 1. The summed E-state index contributed by atoms with van der Waals surface area (Å²) in [5, 5.41) is 2.83.